The van der Waals surface area contributed by atoms with Crippen molar-refractivity contribution in [2.45, 2.75) is 30.2 Å². The highest BCUT2D eigenvalue weighted by molar-refractivity contribution is 7.89. The van der Waals surface area contributed by atoms with Crippen LogP contribution in [0.1, 0.15) is 36.4 Å². The molecule has 1 aliphatic carbocycles. The van der Waals surface area contributed by atoms with Gasteiger partial charge in [-0.25, -0.2) is 17.9 Å². The molecule has 132 valence electrons. The third-order valence-corrected chi connectivity index (χ3v) is 5.43. The average molecular weight is 362 g/mol. The van der Waals surface area contributed by atoms with Crippen LogP contribution in [0.2, 0.25) is 0 Å². The second kappa shape index (κ2) is 6.57. The van der Waals surface area contributed by atoms with Crippen molar-refractivity contribution in [1.29, 1.82) is 0 Å². The van der Waals surface area contributed by atoms with Crippen LogP contribution in [0.25, 0.3) is 0 Å². The molecule has 5 nitrogen and oxygen atoms in total. The molecular formula is C18H19FN2O3S. The molecular weight excluding hydrogens is 343 g/mol. The molecule has 3 N–H and O–H groups in total. The Morgan fingerprint density at radius 2 is 1.84 bits per heavy atom. The number of benzene rings is 2. The van der Waals surface area contributed by atoms with E-state index < -0.39 is 10.0 Å². The van der Waals surface area contributed by atoms with Crippen LogP contribution in [-0.4, -0.2) is 14.3 Å². The lowest BCUT2D eigenvalue weighted by Gasteiger charge is -2.15. The quantitative estimate of drug-likeness (QED) is 0.856. The summed E-state index contributed by atoms with van der Waals surface area (Å²) in [7, 11) is -3.74. The molecule has 1 fully saturated rings. The van der Waals surface area contributed by atoms with E-state index in [1.165, 1.54) is 18.2 Å². The van der Waals surface area contributed by atoms with Gasteiger partial charge in [-0.2, -0.15) is 0 Å². The molecule has 25 heavy (non-hydrogen) atoms. The van der Waals surface area contributed by atoms with Crippen molar-refractivity contribution in [2.75, 3.05) is 0 Å². The topological polar surface area (TPSA) is 89.3 Å². The number of carbonyl (C=O) groups excluding carboxylic acids is 1. The number of nitrogens with one attached hydrogen (secondary N) is 1. The van der Waals surface area contributed by atoms with Crippen LogP contribution in [0.4, 0.5) is 4.39 Å². The lowest BCUT2D eigenvalue weighted by Crippen LogP contribution is -2.28. The Morgan fingerprint density at radius 3 is 2.44 bits per heavy atom. The first-order valence-electron chi connectivity index (χ1n) is 7.95. The molecule has 1 saturated carbocycles. The Labute approximate surface area is 146 Å². The van der Waals surface area contributed by atoms with Crippen molar-refractivity contribution < 1.29 is 17.6 Å². The van der Waals surface area contributed by atoms with Gasteiger partial charge in [-0.05, 0) is 48.6 Å². The van der Waals surface area contributed by atoms with E-state index in [0.29, 0.717) is 12.0 Å². The third kappa shape index (κ3) is 3.88. The van der Waals surface area contributed by atoms with Gasteiger partial charge in [0.1, 0.15) is 5.82 Å². The van der Waals surface area contributed by atoms with Crippen molar-refractivity contribution in [3.8, 4) is 0 Å². The molecule has 0 spiro atoms. The van der Waals surface area contributed by atoms with E-state index in [0.717, 1.165) is 5.56 Å². The van der Waals surface area contributed by atoms with E-state index in [2.05, 4.69) is 5.32 Å². The molecule has 2 aromatic rings. The summed E-state index contributed by atoms with van der Waals surface area (Å²) in [6.45, 7) is 1.81. The smallest absolute Gasteiger partial charge is 0.238 e. The highest BCUT2D eigenvalue weighted by Crippen LogP contribution is 2.48. The Balaban J connectivity index is 1.63. The summed E-state index contributed by atoms with van der Waals surface area (Å²) in [6.07, 6.45) is 0.629. The monoisotopic (exact) mass is 362 g/mol. The van der Waals surface area contributed by atoms with E-state index in [1.807, 2.05) is 6.92 Å². The maximum Gasteiger partial charge on any atom is 0.238 e. The van der Waals surface area contributed by atoms with Gasteiger partial charge in [0.25, 0.3) is 0 Å². The zero-order valence-electron chi connectivity index (χ0n) is 13.6. The van der Waals surface area contributed by atoms with Crippen LogP contribution in [0.5, 0.6) is 0 Å². The minimum Gasteiger partial charge on any atom is -0.349 e. The number of hydrogen-bond acceptors (Lipinski definition) is 3. The first kappa shape index (κ1) is 17.6. The van der Waals surface area contributed by atoms with Crippen molar-refractivity contribution in [3.05, 3.63) is 65.5 Å². The molecule has 0 bridgehead atoms. The van der Waals surface area contributed by atoms with E-state index in [1.54, 1.807) is 30.3 Å². The first-order valence-corrected chi connectivity index (χ1v) is 9.49. The van der Waals surface area contributed by atoms with Gasteiger partial charge in [0.2, 0.25) is 15.9 Å². The van der Waals surface area contributed by atoms with Crippen molar-refractivity contribution >= 4 is 15.9 Å². The van der Waals surface area contributed by atoms with Crippen molar-refractivity contribution in [2.24, 2.45) is 11.1 Å². The number of primary sulfonamides is 1. The van der Waals surface area contributed by atoms with E-state index in [9.17, 15) is 17.6 Å². The van der Waals surface area contributed by atoms with Gasteiger partial charge in [-0.15, -0.1) is 0 Å². The summed E-state index contributed by atoms with van der Waals surface area (Å²) in [4.78, 5) is 12.4. The zero-order valence-corrected chi connectivity index (χ0v) is 14.5. The molecule has 3 unspecified atom stereocenters. The molecule has 0 saturated heterocycles. The molecule has 2 aromatic carbocycles. The highest BCUT2D eigenvalue weighted by Gasteiger charge is 2.45. The number of sulfonamides is 1. The summed E-state index contributed by atoms with van der Waals surface area (Å²) in [5.41, 5.74) is 1.34. The van der Waals surface area contributed by atoms with Crippen LogP contribution >= 0.6 is 0 Å². The molecule has 1 aliphatic rings. The van der Waals surface area contributed by atoms with Gasteiger partial charge in [-0.1, -0.05) is 30.3 Å². The van der Waals surface area contributed by atoms with Crippen LogP contribution in [0, 0.1) is 11.7 Å². The highest BCUT2D eigenvalue weighted by atomic mass is 32.2. The van der Waals surface area contributed by atoms with Crippen LogP contribution in [0.3, 0.4) is 0 Å². The fraction of sp³-hybridized carbons (Fsp3) is 0.278. The number of carbonyl (C=O) groups is 1. The summed E-state index contributed by atoms with van der Waals surface area (Å²) in [5, 5.41) is 7.96. The second-order valence-electron chi connectivity index (χ2n) is 6.31. The molecule has 0 aromatic heterocycles. The maximum atomic E-state index is 13.8. The van der Waals surface area contributed by atoms with Crippen LogP contribution in [-0.2, 0) is 14.8 Å². The van der Waals surface area contributed by atoms with Crippen molar-refractivity contribution in [1.82, 2.24) is 5.32 Å². The van der Waals surface area contributed by atoms with E-state index >= 15 is 0 Å². The fourth-order valence-electron chi connectivity index (χ4n) is 2.95. The Morgan fingerprint density at radius 1 is 1.20 bits per heavy atom. The summed E-state index contributed by atoms with van der Waals surface area (Å²) in [5.74, 6) is -0.730. The fourth-order valence-corrected chi connectivity index (χ4v) is 3.47. The van der Waals surface area contributed by atoms with Gasteiger partial charge in [-0.3, -0.25) is 4.79 Å². The molecule has 0 aliphatic heterocycles. The summed E-state index contributed by atoms with van der Waals surface area (Å²) in [6, 6.07) is 12.3. The lowest BCUT2D eigenvalue weighted by molar-refractivity contribution is -0.123. The van der Waals surface area contributed by atoms with Gasteiger partial charge in [0, 0.05) is 5.92 Å². The van der Waals surface area contributed by atoms with E-state index in [4.69, 9.17) is 5.14 Å². The standard InChI is InChI=1S/C18H19FN2O3S/c1-11(12-6-8-13(9-7-12)25(20,23)24)21-18(22)16-10-15(16)14-4-2-3-5-17(14)19/h2-9,11,15-16H,10H2,1H3,(H,21,22)(H2,20,23,24). The second-order valence-corrected chi connectivity index (χ2v) is 7.88. The summed E-state index contributed by atoms with van der Waals surface area (Å²) < 4.78 is 36.3. The number of rotatable bonds is 5. The predicted molar refractivity (Wildman–Crippen MR) is 91.6 cm³/mol. The maximum absolute atomic E-state index is 13.8. The average Bonchev–Trinajstić information content (AvgIpc) is 3.35. The molecule has 3 rings (SSSR count). The number of halogens is 1. The molecule has 3 atom stereocenters. The van der Waals surface area contributed by atoms with E-state index in [-0.39, 0.29) is 34.5 Å². The normalized spacial score (nSPS) is 20.8. The Kier molecular flexibility index (Phi) is 4.62. The number of hydrogen-bond donors (Lipinski definition) is 2. The van der Waals surface area contributed by atoms with Crippen LogP contribution < -0.4 is 10.5 Å². The zero-order chi connectivity index (χ0) is 18.2. The predicted octanol–water partition coefficient (Wildman–Crippen LogP) is 2.45. The summed E-state index contributed by atoms with van der Waals surface area (Å²) >= 11 is 0. The lowest BCUT2D eigenvalue weighted by atomic mass is 10.1. The van der Waals surface area contributed by atoms with Gasteiger partial charge < -0.3 is 5.32 Å². The molecule has 1 amide bonds. The number of amides is 1. The van der Waals surface area contributed by atoms with Crippen molar-refractivity contribution in [3.63, 3.8) is 0 Å². The largest absolute Gasteiger partial charge is 0.349 e. The molecule has 0 radical (unpaired) electrons. The van der Waals surface area contributed by atoms with Gasteiger partial charge in [0.15, 0.2) is 0 Å². The molecule has 0 heterocycles. The van der Waals surface area contributed by atoms with Gasteiger partial charge in [0.05, 0.1) is 10.9 Å². The first-order chi connectivity index (χ1) is 11.8. The number of nitrogens with two attached hydrogens (primary N) is 1. The SMILES string of the molecule is CC(NC(=O)C1CC1c1ccccc1F)c1ccc(S(N)(=O)=O)cc1. The Hall–Kier alpha value is -2.25. The minimum atomic E-state index is -3.74. The Bertz CT molecular complexity index is 897. The minimum absolute atomic E-state index is 0.0246. The van der Waals surface area contributed by atoms with Crippen LogP contribution in [0.15, 0.2) is 53.4 Å². The molecule has 7 heteroatoms. The third-order valence-electron chi connectivity index (χ3n) is 4.50. The van der Waals surface area contributed by atoms with Gasteiger partial charge >= 0.3 is 0 Å².